The van der Waals surface area contributed by atoms with E-state index in [0.717, 1.165) is 99.2 Å². The fourth-order valence-electron chi connectivity index (χ4n) is 11.8. The number of fused-ring (bicyclic) bond motifs is 5. The molecule has 4 rings (SSSR count). The van der Waals surface area contributed by atoms with Crippen molar-refractivity contribution in [2.75, 3.05) is 0 Å². The summed E-state index contributed by atoms with van der Waals surface area (Å²) in [6, 6.07) is 0. The summed E-state index contributed by atoms with van der Waals surface area (Å²) in [4.78, 5) is 12.9. The molecule has 0 saturated heterocycles. The smallest absolute Gasteiger partial charge is 0.306 e. The van der Waals surface area contributed by atoms with Gasteiger partial charge in [0, 0.05) is 12.8 Å². The molecule has 0 aromatic rings. The van der Waals surface area contributed by atoms with Gasteiger partial charge < -0.3 is 4.74 Å². The Kier molecular flexibility index (Phi) is 20.6. The molecule has 3 fully saturated rings. The monoisotopic (exact) mass is 769 g/mol. The first-order valence-electron chi connectivity index (χ1n) is 24.2. The molecular formula is C54H88O2. The fourth-order valence-corrected chi connectivity index (χ4v) is 11.8. The van der Waals surface area contributed by atoms with Gasteiger partial charge >= 0.3 is 5.97 Å². The van der Waals surface area contributed by atoms with E-state index in [2.05, 4.69) is 115 Å². The standard InChI is InChI=1S/C54H88O2/c1-8-9-10-11-12-13-14-15-16-17-18-19-20-21-22-23-24-25-26-27-28-29-30-31-52(55)56-47-38-40-53(6)46(42-47)34-35-48-50-37-36-49(54(50,7)41-39-51(48)53)45(5)33-32-44(4)43(2)3/h9-10,12-13,15-16,18-19,21-22,34,43-45,47-51H,8,11,14,17,20,23-33,35-42H2,1-7H3/b10-9-,13-12-,16-15-,19-18-,22-21-. The third-order valence-corrected chi connectivity index (χ3v) is 15.7. The van der Waals surface area contributed by atoms with Crippen LogP contribution in [0.2, 0.25) is 0 Å². The minimum atomic E-state index is 0.0484. The number of hydrogen-bond acceptors (Lipinski definition) is 2. The van der Waals surface area contributed by atoms with E-state index in [1.807, 2.05) is 0 Å². The van der Waals surface area contributed by atoms with E-state index in [1.165, 1.54) is 89.9 Å². The highest BCUT2D eigenvalue weighted by Crippen LogP contribution is 2.67. The molecule has 316 valence electrons. The lowest BCUT2D eigenvalue weighted by Crippen LogP contribution is -2.51. The zero-order valence-corrected chi connectivity index (χ0v) is 37.8. The van der Waals surface area contributed by atoms with Crippen LogP contribution >= 0.6 is 0 Å². The number of unbranched alkanes of at least 4 members (excludes halogenated alkanes) is 7. The Hall–Kier alpha value is -2.09. The Labute approximate surface area is 347 Å². The maximum Gasteiger partial charge on any atom is 0.306 e. The molecule has 0 N–H and O–H groups in total. The molecular weight excluding hydrogens is 681 g/mol. The number of ether oxygens (including phenoxy) is 1. The normalized spacial score (nSPS) is 30.4. The number of rotatable bonds is 25. The second kappa shape index (κ2) is 24.7. The van der Waals surface area contributed by atoms with Crippen LogP contribution in [0, 0.1) is 52.3 Å². The Morgan fingerprint density at radius 2 is 1.32 bits per heavy atom. The van der Waals surface area contributed by atoms with Crippen molar-refractivity contribution in [3.8, 4) is 0 Å². The average Bonchev–Trinajstić information content (AvgIpc) is 3.54. The van der Waals surface area contributed by atoms with Gasteiger partial charge in [0.2, 0.25) is 0 Å². The zero-order chi connectivity index (χ0) is 40.2. The highest BCUT2D eigenvalue weighted by atomic mass is 16.5. The molecule has 0 aromatic heterocycles. The first kappa shape index (κ1) is 46.6. The third-order valence-electron chi connectivity index (χ3n) is 15.7. The highest BCUT2D eigenvalue weighted by Gasteiger charge is 2.59. The maximum atomic E-state index is 12.9. The van der Waals surface area contributed by atoms with Crippen LogP contribution in [0.15, 0.2) is 72.4 Å². The zero-order valence-electron chi connectivity index (χ0n) is 37.8. The summed E-state index contributed by atoms with van der Waals surface area (Å²) >= 11 is 0. The molecule has 2 heteroatoms. The van der Waals surface area contributed by atoms with Crippen molar-refractivity contribution in [2.45, 2.75) is 209 Å². The molecule has 0 heterocycles. The summed E-state index contributed by atoms with van der Waals surface area (Å²) in [6.07, 6.45) is 54.1. The van der Waals surface area contributed by atoms with Gasteiger partial charge in [0.05, 0.1) is 0 Å². The van der Waals surface area contributed by atoms with Crippen LogP contribution in [0.25, 0.3) is 0 Å². The van der Waals surface area contributed by atoms with Gasteiger partial charge in [-0.2, -0.15) is 0 Å². The number of carbonyl (C=O) groups excluding carboxylic acids is 1. The first-order valence-corrected chi connectivity index (χ1v) is 24.2. The Bertz CT molecular complexity index is 1310. The van der Waals surface area contributed by atoms with E-state index in [-0.39, 0.29) is 12.1 Å². The van der Waals surface area contributed by atoms with Crippen LogP contribution in [0.3, 0.4) is 0 Å². The molecule has 9 unspecified atom stereocenters. The molecule has 0 aromatic carbocycles. The Morgan fingerprint density at radius 1 is 0.714 bits per heavy atom. The summed E-state index contributed by atoms with van der Waals surface area (Å²) in [5.74, 6) is 6.04. The quantitative estimate of drug-likeness (QED) is 0.0525. The molecule has 3 saturated carbocycles. The number of hydrogen-bond donors (Lipinski definition) is 0. The minimum Gasteiger partial charge on any atom is -0.462 e. The lowest BCUT2D eigenvalue weighted by Gasteiger charge is -2.58. The van der Waals surface area contributed by atoms with Crippen molar-refractivity contribution >= 4 is 5.97 Å². The molecule has 2 nitrogen and oxygen atoms in total. The van der Waals surface area contributed by atoms with Gasteiger partial charge in [0.15, 0.2) is 0 Å². The van der Waals surface area contributed by atoms with Gasteiger partial charge in [-0.15, -0.1) is 0 Å². The minimum absolute atomic E-state index is 0.0484. The molecule has 4 aliphatic carbocycles. The second-order valence-corrected chi connectivity index (χ2v) is 19.8. The predicted molar refractivity (Wildman–Crippen MR) is 243 cm³/mol. The molecule has 9 atom stereocenters. The molecule has 0 aliphatic heterocycles. The van der Waals surface area contributed by atoms with E-state index in [1.54, 1.807) is 5.57 Å². The van der Waals surface area contributed by atoms with Crippen molar-refractivity contribution in [1.82, 2.24) is 0 Å². The van der Waals surface area contributed by atoms with Crippen molar-refractivity contribution in [1.29, 1.82) is 0 Å². The van der Waals surface area contributed by atoms with E-state index < -0.39 is 0 Å². The van der Waals surface area contributed by atoms with Gasteiger partial charge in [0.1, 0.15) is 6.10 Å². The van der Waals surface area contributed by atoms with Crippen molar-refractivity contribution in [3.05, 3.63) is 72.4 Å². The SMILES string of the molecule is CC/C=C\C/C=C\C/C=C\C/C=C\C/C=C\CCCCCCCCCC(=O)OC1CCC2(C)C(=CCC3C2CCC2(C)C(C(C)CCC(C)C(C)C)CCC32)C1. The number of esters is 1. The van der Waals surface area contributed by atoms with Gasteiger partial charge in [-0.1, -0.05) is 166 Å². The van der Waals surface area contributed by atoms with Crippen molar-refractivity contribution < 1.29 is 9.53 Å². The second-order valence-electron chi connectivity index (χ2n) is 19.8. The summed E-state index contributed by atoms with van der Waals surface area (Å²) in [6.45, 7) is 17.3. The highest BCUT2D eigenvalue weighted by molar-refractivity contribution is 5.69. The summed E-state index contributed by atoms with van der Waals surface area (Å²) < 4.78 is 6.15. The summed E-state index contributed by atoms with van der Waals surface area (Å²) in [7, 11) is 0. The molecule has 4 aliphatic rings. The first-order chi connectivity index (χ1) is 27.1. The van der Waals surface area contributed by atoms with Crippen LogP contribution in [0.4, 0.5) is 0 Å². The van der Waals surface area contributed by atoms with Gasteiger partial charge in [-0.05, 0) is 149 Å². The summed E-state index contributed by atoms with van der Waals surface area (Å²) in [5.41, 5.74) is 2.49. The lowest BCUT2D eigenvalue weighted by atomic mass is 9.47. The Balaban J connectivity index is 1.03. The van der Waals surface area contributed by atoms with Crippen LogP contribution in [-0.2, 0) is 9.53 Å². The van der Waals surface area contributed by atoms with E-state index in [9.17, 15) is 4.79 Å². The third kappa shape index (κ3) is 14.0. The largest absolute Gasteiger partial charge is 0.462 e. The van der Waals surface area contributed by atoms with Crippen LogP contribution in [0.1, 0.15) is 203 Å². The Morgan fingerprint density at radius 3 is 1.96 bits per heavy atom. The number of allylic oxidation sites excluding steroid dienone is 11. The molecule has 56 heavy (non-hydrogen) atoms. The van der Waals surface area contributed by atoms with E-state index in [4.69, 9.17) is 4.74 Å². The molecule has 0 spiro atoms. The van der Waals surface area contributed by atoms with Crippen LogP contribution < -0.4 is 0 Å². The topological polar surface area (TPSA) is 26.3 Å². The number of carbonyl (C=O) groups is 1. The van der Waals surface area contributed by atoms with Gasteiger partial charge in [0.25, 0.3) is 0 Å². The van der Waals surface area contributed by atoms with E-state index >= 15 is 0 Å². The molecule has 0 radical (unpaired) electrons. The predicted octanol–water partition coefficient (Wildman–Crippen LogP) is 16.4. The van der Waals surface area contributed by atoms with Crippen molar-refractivity contribution in [2.24, 2.45) is 52.3 Å². The fraction of sp³-hybridized carbons (Fsp3) is 0.759. The van der Waals surface area contributed by atoms with Crippen LogP contribution in [0.5, 0.6) is 0 Å². The van der Waals surface area contributed by atoms with E-state index in [0.29, 0.717) is 17.3 Å². The summed E-state index contributed by atoms with van der Waals surface area (Å²) in [5, 5.41) is 0. The van der Waals surface area contributed by atoms with Gasteiger partial charge in [-0.25, -0.2) is 0 Å². The van der Waals surface area contributed by atoms with Crippen LogP contribution in [-0.4, -0.2) is 12.1 Å². The lowest BCUT2D eigenvalue weighted by molar-refractivity contribution is -0.151. The average molecular weight is 769 g/mol. The molecule has 0 bridgehead atoms. The maximum absolute atomic E-state index is 12.9. The molecule has 0 amide bonds. The van der Waals surface area contributed by atoms with Crippen molar-refractivity contribution in [3.63, 3.8) is 0 Å². The van der Waals surface area contributed by atoms with Gasteiger partial charge in [-0.3, -0.25) is 4.79 Å².